The van der Waals surface area contributed by atoms with Crippen LogP contribution in [0.2, 0.25) is 0 Å². The van der Waals surface area contributed by atoms with Gasteiger partial charge in [0.25, 0.3) is 0 Å². The van der Waals surface area contributed by atoms with E-state index in [1.54, 1.807) is 0 Å². The van der Waals surface area contributed by atoms with E-state index in [2.05, 4.69) is 11.9 Å². The first-order valence-corrected chi connectivity index (χ1v) is 5.73. The van der Waals surface area contributed by atoms with Crippen molar-refractivity contribution in [1.82, 2.24) is 4.90 Å². The van der Waals surface area contributed by atoms with Crippen molar-refractivity contribution in [2.75, 3.05) is 20.1 Å². The summed E-state index contributed by atoms with van der Waals surface area (Å²) < 4.78 is 0. The summed E-state index contributed by atoms with van der Waals surface area (Å²) in [6.45, 7) is 2.19. The molecule has 0 amide bonds. The fourth-order valence-electron chi connectivity index (χ4n) is 3.13. The van der Waals surface area contributed by atoms with Gasteiger partial charge in [-0.15, -0.1) is 0 Å². The first-order valence-electron chi connectivity index (χ1n) is 5.73. The first kappa shape index (κ1) is 9.47. The standard InChI is InChI=1S/C11H22N2/c1-13-7-6-11(13)10(8-12)9-4-2-3-5-9/h9-11H,2-8,12H2,1H3. The van der Waals surface area contributed by atoms with Gasteiger partial charge in [0.15, 0.2) is 0 Å². The van der Waals surface area contributed by atoms with Gasteiger partial charge in [0, 0.05) is 6.04 Å². The van der Waals surface area contributed by atoms with Crippen LogP contribution in [0.3, 0.4) is 0 Å². The number of hydrogen-bond acceptors (Lipinski definition) is 2. The molecule has 0 spiro atoms. The Labute approximate surface area is 81.5 Å². The highest BCUT2D eigenvalue weighted by Gasteiger charge is 2.36. The summed E-state index contributed by atoms with van der Waals surface area (Å²) >= 11 is 0. The predicted octanol–water partition coefficient (Wildman–Crippen LogP) is 1.46. The number of nitrogens with two attached hydrogens (primary N) is 1. The lowest BCUT2D eigenvalue weighted by Gasteiger charge is -2.45. The molecule has 2 nitrogen and oxygen atoms in total. The van der Waals surface area contributed by atoms with E-state index < -0.39 is 0 Å². The molecule has 2 unspecified atom stereocenters. The summed E-state index contributed by atoms with van der Waals surface area (Å²) in [5.74, 6) is 1.74. The van der Waals surface area contributed by atoms with Gasteiger partial charge in [-0.05, 0) is 38.4 Å². The molecule has 76 valence electrons. The highest BCUT2D eigenvalue weighted by atomic mass is 15.2. The Morgan fingerprint density at radius 2 is 2.00 bits per heavy atom. The second-order valence-electron chi connectivity index (χ2n) is 4.78. The van der Waals surface area contributed by atoms with Crippen molar-refractivity contribution < 1.29 is 0 Å². The van der Waals surface area contributed by atoms with E-state index in [0.29, 0.717) is 0 Å². The number of rotatable bonds is 3. The summed E-state index contributed by atoms with van der Waals surface area (Å²) in [5.41, 5.74) is 5.90. The van der Waals surface area contributed by atoms with Crippen LogP contribution in [0.4, 0.5) is 0 Å². The van der Waals surface area contributed by atoms with Crippen molar-refractivity contribution in [3.63, 3.8) is 0 Å². The SMILES string of the molecule is CN1CCC1C(CN)C1CCCC1. The van der Waals surface area contributed by atoms with Crippen LogP contribution in [-0.4, -0.2) is 31.1 Å². The lowest BCUT2D eigenvalue weighted by atomic mass is 9.79. The van der Waals surface area contributed by atoms with Crippen LogP contribution in [0.25, 0.3) is 0 Å². The Morgan fingerprint density at radius 3 is 2.38 bits per heavy atom. The van der Waals surface area contributed by atoms with E-state index in [4.69, 9.17) is 5.73 Å². The van der Waals surface area contributed by atoms with E-state index in [0.717, 1.165) is 24.4 Å². The maximum atomic E-state index is 5.90. The Bertz CT molecular complexity index is 161. The summed E-state index contributed by atoms with van der Waals surface area (Å²) in [7, 11) is 2.24. The van der Waals surface area contributed by atoms with E-state index >= 15 is 0 Å². The van der Waals surface area contributed by atoms with E-state index in [1.807, 2.05) is 0 Å². The van der Waals surface area contributed by atoms with E-state index in [-0.39, 0.29) is 0 Å². The zero-order valence-corrected chi connectivity index (χ0v) is 8.71. The lowest BCUT2D eigenvalue weighted by molar-refractivity contribution is 0.0498. The van der Waals surface area contributed by atoms with Gasteiger partial charge < -0.3 is 10.6 Å². The van der Waals surface area contributed by atoms with Gasteiger partial charge in [0.05, 0.1) is 0 Å². The predicted molar refractivity (Wildman–Crippen MR) is 55.5 cm³/mol. The molecule has 1 aliphatic carbocycles. The molecule has 1 heterocycles. The van der Waals surface area contributed by atoms with Gasteiger partial charge in [0.1, 0.15) is 0 Å². The molecule has 13 heavy (non-hydrogen) atoms. The minimum absolute atomic E-state index is 0.793. The van der Waals surface area contributed by atoms with Crippen LogP contribution in [0.5, 0.6) is 0 Å². The van der Waals surface area contributed by atoms with Gasteiger partial charge >= 0.3 is 0 Å². The Kier molecular flexibility index (Phi) is 2.89. The molecule has 2 atom stereocenters. The van der Waals surface area contributed by atoms with Crippen LogP contribution < -0.4 is 5.73 Å². The second kappa shape index (κ2) is 3.97. The van der Waals surface area contributed by atoms with Crippen LogP contribution >= 0.6 is 0 Å². The molecule has 2 fully saturated rings. The molecule has 1 aliphatic heterocycles. The molecule has 0 aromatic heterocycles. The fraction of sp³-hybridized carbons (Fsp3) is 1.00. The normalized spacial score (nSPS) is 33.2. The van der Waals surface area contributed by atoms with Crippen LogP contribution in [0.15, 0.2) is 0 Å². The number of likely N-dealkylation sites (tertiary alicyclic amines) is 1. The van der Waals surface area contributed by atoms with Crippen molar-refractivity contribution in [2.45, 2.75) is 38.1 Å². The number of nitrogens with zero attached hydrogens (tertiary/aromatic N) is 1. The summed E-state index contributed by atoms with van der Waals surface area (Å²) in [6, 6.07) is 0.813. The fourth-order valence-corrected chi connectivity index (χ4v) is 3.13. The van der Waals surface area contributed by atoms with Crippen molar-refractivity contribution in [1.29, 1.82) is 0 Å². The summed E-state index contributed by atoms with van der Waals surface area (Å²) in [4.78, 5) is 2.48. The van der Waals surface area contributed by atoms with Crippen molar-refractivity contribution in [3.05, 3.63) is 0 Å². The van der Waals surface area contributed by atoms with Gasteiger partial charge in [0.2, 0.25) is 0 Å². The second-order valence-corrected chi connectivity index (χ2v) is 4.78. The molecule has 0 radical (unpaired) electrons. The van der Waals surface area contributed by atoms with Crippen molar-refractivity contribution in [3.8, 4) is 0 Å². The largest absolute Gasteiger partial charge is 0.330 e. The molecular formula is C11H22N2. The molecule has 0 bridgehead atoms. The summed E-state index contributed by atoms with van der Waals surface area (Å²) in [5, 5.41) is 0. The Balaban J connectivity index is 1.91. The van der Waals surface area contributed by atoms with Crippen molar-refractivity contribution >= 4 is 0 Å². The average Bonchev–Trinajstić information content (AvgIpc) is 2.63. The minimum atomic E-state index is 0.793. The maximum Gasteiger partial charge on any atom is 0.0147 e. The van der Waals surface area contributed by atoms with Crippen molar-refractivity contribution in [2.24, 2.45) is 17.6 Å². The lowest BCUT2D eigenvalue weighted by Crippen LogP contribution is -2.52. The Hall–Kier alpha value is -0.0800. The molecular weight excluding hydrogens is 160 g/mol. The molecule has 2 aliphatic rings. The molecule has 0 aromatic carbocycles. The third-order valence-electron chi connectivity index (χ3n) is 4.12. The zero-order chi connectivity index (χ0) is 9.26. The van der Waals surface area contributed by atoms with E-state index in [9.17, 15) is 0 Å². The zero-order valence-electron chi connectivity index (χ0n) is 8.71. The quantitative estimate of drug-likeness (QED) is 0.716. The monoisotopic (exact) mass is 182 g/mol. The molecule has 1 saturated heterocycles. The van der Waals surface area contributed by atoms with Crippen LogP contribution in [0.1, 0.15) is 32.1 Å². The topological polar surface area (TPSA) is 29.3 Å². The molecule has 2 N–H and O–H groups in total. The highest BCUT2D eigenvalue weighted by Crippen LogP contribution is 2.37. The summed E-state index contributed by atoms with van der Waals surface area (Å²) in [6.07, 6.45) is 7.14. The minimum Gasteiger partial charge on any atom is -0.330 e. The molecule has 2 heteroatoms. The third kappa shape index (κ3) is 1.75. The van der Waals surface area contributed by atoms with Gasteiger partial charge in [-0.3, -0.25) is 0 Å². The smallest absolute Gasteiger partial charge is 0.0147 e. The number of hydrogen-bond donors (Lipinski definition) is 1. The Morgan fingerprint density at radius 1 is 1.31 bits per heavy atom. The molecule has 1 saturated carbocycles. The average molecular weight is 182 g/mol. The highest BCUT2D eigenvalue weighted by molar-refractivity contribution is 4.91. The van der Waals surface area contributed by atoms with Gasteiger partial charge in [-0.2, -0.15) is 0 Å². The van der Waals surface area contributed by atoms with E-state index in [1.165, 1.54) is 38.6 Å². The van der Waals surface area contributed by atoms with Gasteiger partial charge in [-0.1, -0.05) is 25.7 Å². The molecule has 0 aromatic rings. The first-order chi connectivity index (χ1) is 6.33. The van der Waals surface area contributed by atoms with Crippen LogP contribution in [-0.2, 0) is 0 Å². The van der Waals surface area contributed by atoms with Crippen LogP contribution in [0, 0.1) is 11.8 Å². The van der Waals surface area contributed by atoms with Gasteiger partial charge in [-0.25, -0.2) is 0 Å². The third-order valence-corrected chi connectivity index (χ3v) is 4.12. The molecule has 2 rings (SSSR count). The maximum absolute atomic E-state index is 5.90.